The minimum absolute atomic E-state index is 0.0949. The maximum absolute atomic E-state index is 12.9. The average molecular weight is 1140 g/mol. The van der Waals surface area contributed by atoms with Gasteiger partial charge in [0.05, 0.1) is 0 Å². The van der Waals surface area contributed by atoms with Crippen LogP contribution in [-0.4, -0.2) is 37.2 Å². The maximum Gasteiger partial charge on any atom is 0.306 e. The summed E-state index contributed by atoms with van der Waals surface area (Å²) in [4.78, 5) is 38.5. The zero-order valence-corrected chi connectivity index (χ0v) is 54.0. The monoisotopic (exact) mass is 1140 g/mol. The molecule has 6 heteroatoms. The molecular formula is C76H130O6. The van der Waals surface area contributed by atoms with Crippen LogP contribution in [0.2, 0.25) is 0 Å². The normalized spacial score (nSPS) is 12.8. The Kier molecular flexibility index (Phi) is 66.2. The second-order valence-electron chi connectivity index (χ2n) is 23.0. The molecule has 1 atom stereocenters. The standard InChI is InChI=1S/C76H130O6/c1-4-7-10-13-16-19-22-25-28-31-34-35-36-37-38-39-40-43-45-48-51-54-57-60-63-66-69-75(78)81-72-73(82-76(79)70-67-64-61-58-55-52-49-46-42-33-30-27-24-21-18-15-12-9-6-3)71-80-74(77)68-65-62-59-56-53-50-47-44-41-32-29-26-23-20-17-14-11-8-5-2/h8-9,11-12,17-18,20-21,26-27,29-30,41-42,44,46,52,55,73H,4-7,10,13-16,19,22-25,28,31-40,43,45,47-51,53-54,56-72H2,1-3H3/b11-8-,12-9-,20-17-,21-18-,29-26-,30-27-,44-41-,46-42-,55-52-. The highest BCUT2D eigenvalue weighted by Crippen LogP contribution is 2.18. The number of allylic oxidation sites excluding steroid dienone is 18. The van der Waals surface area contributed by atoms with E-state index in [1.54, 1.807) is 0 Å². The average Bonchev–Trinajstić information content (AvgIpc) is 3.48. The molecule has 0 aromatic carbocycles. The molecule has 0 N–H and O–H groups in total. The molecule has 6 nitrogen and oxygen atoms in total. The van der Waals surface area contributed by atoms with Crippen molar-refractivity contribution < 1.29 is 28.6 Å². The van der Waals surface area contributed by atoms with Gasteiger partial charge >= 0.3 is 17.9 Å². The highest BCUT2D eigenvalue weighted by Gasteiger charge is 2.19. The smallest absolute Gasteiger partial charge is 0.306 e. The number of carbonyl (C=O) groups is 3. The Morgan fingerprint density at radius 3 is 0.756 bits per heavy atom. The van der Waals surface area contributed by atoms with Crippen LogP contribution in [0, 0.1) is 0 Å². The lowest BCUT2D eigenvalue weighted by atomic mass is 10.0. The van der Waals surface area contributed by atoms with Crippen LogP contribution < -0.4 is 0 Å². The van der Waals surface area contributed by atoms with Crippen LogP contribution in [0.3, 0.4) is 0 Å². The van der Waals surface area contributed by atoms with Crippen molar-refractivity contribution in [3.63, 3.8) is 0 Å². The SMILES string of the molecule is CC/C=C\C/C=C\C/C=C\C/C=C\C/C=C\CCCCCC(=O)OC(COC(=O)CCCCCCCC/C=C\C/C=C\C/C=C\C/C=C\CC)COC(=O)CCCCCCCCCCCCCCCCCCCCCCCCCCCC. The van der Waals surface area contributed by atoms with E-state index in [-0.39, 0.29) is 37.5 Å². The van der Waals surface area contributed by atoms with Gasteiger partial charge in [0.1, 0.15) is 13.2 Å². The summed E-state index contributed by atoms with van der Waals surface area (Å²) in [5, 5.41) is 0. The molecule has 0 amide bonds. The Balaban J connectivity index is 4.38. The second-order valence-corrected chi connectivity index (χ2v) is 23.0. The van der Waals surface area contributed by atoms with Gasteiger partial charge in [-0.25, -0.2) is 0 Å². The molecule has 0 saturated carbocycles. The van der Waals surface area contributed by atoms with E-state index in [0.717, 1.165) is 135 Å². The maximum atomic E-state index is 12.9. The molecule has 0 spiro atoms. The van der Waals surface area contributed by atoms with Gasteiger partial charge in [0.25, 0.3) is 0 Å². The molecule has 0 aliphatic rings. The van der Waals surface area contributed by atoms with Gasteiger partial charge in [-0.1, -0.05) is 323 Å². The summed E-state index contributed by atoms with van der Waals surface area (Å²) < 4.78 is 17.0. The molecular weight excluding hydrogens is 1010 g/mol. The fourth-order valence-corrected chi connectivity index (χ4v) is 9.88. The van der Waals surface area contributed by atoms with Crippen LogP contribution in [0.25, 0.3) is 0 Å². The molecule has 1 unspecified atom stereocenters. The van der Waals surface area contributed by atoms with E-state index in [1.807, 2.05) is 0 Å². The summed E-state index contributed by atoms with van der Waals surface area (Å²) in [6, 6.07) is 0. The van der Waals surface area contributed by atoms with E-state index < -0.39 is 6.10 Å². The Bertz CT molecular complexity index is 1640. The van der Waals surface area contributed by atoms with Crippen LogP contribution in [0.5, 0.6) is 0 Å². The molecule has 470 valence electrons. The van der Waals surface area contributed by atoms with E-state index in [9.17, 15) is 14.4 Å². The van der Waals surface area contributed by atoms with Gasteiger partial charge in [0, 0.05) is 19.3 Å². The van der Waals surface area contributed by atoms with Gasteiger partial charge in [0.2, 0.25) is 0 Å². The zero-order valence-electron chi connectivity index (χ0n) is 54.0. The van der Waals surface area contributed by atoms with Gasteiger partial charge in [-0.3, -0.25) is 14.4 Å². The molecule has 0 radical (unpaired) electrons. The summed E-state index contributed by atoms with van der Waals surface area (Å²) in [6.45, 7) is 6.42. The lowest BCUT2D eigenvalue weighted by molar-refractivity contribution is -0.167. The molecule has 0 aromatic heterocycles. The number of hydrogen-bond acceptors (Lipinski definition) is 6. The topological polar surface area (TPSA) is 78.9 Å². The predicted octanol–water partition coefficient (Wildman–Crippen LogP) is 24.2. The van der Waals surface area contributed by atoms with Gasteiger partial charge in [-0.2, -0.15) is 0 Å². The number of hydrogen-bond donors (Lipinski definition) is 0. The minimum atomic E-state index is -0.805. The summed E-state index contributed by atoms with van der Waals surface area (Å²) in [5.41, 5.74) is 0. The molecule has 82 heavy (non-hydrogen) atoms. The van der Waals surface area contributed by atoms with Crippen LogP contribution in [0.15, 0.2) is 109 Å². The summed E-state index contributed by atoms with van der Waals surface area (Å²) in [6.07, 6.45) is 95.4. The van der Waals surface area contributed by atoms with Crippen molar-refractivity contribution in [1.82, 2.24) is 0 Å². The van der Waals surface area contributed by atoms with Gasteiger partial charge in [-0.05, 0) is 103 Å². The first-order valence-electron chi connectivity index (χ1n) is 34.9. The molecule has 0 saturated heterocycles. The first-order valence-corrected chi connectivity index (χ1v) is 34.9. The van der Waals surface area contributed by atoms with E-state index in [4.69, 9.17) is 14.2 Å². The fraction of sp³-hybridized carbons (Fsp3) is 0.724. The van der Waals surface area contributed by atoms with Gasteiger partial charge in [-0.15, -0.1) is 0 Å². The number of rotatable bonds is 63. The van der Waals surface area contributed by atoms with Crippen molar-refractivity contribution >= 4 is 17.9 Å². The van der Waals surface area contributed by atoms with E-state index >= 15 is 0 Å². The van der Waals surface area contributed by atoms with Crippen molar-refractivity contribution in [2.75, 3.05) is 13.2 Å². The molecule has 0 fully saturated rings. The highest BCUT2D eigenvalue weighted by atomic mass is 16.6. The fourth-order valence-electron chi connectivity index (χ4n) is 9.88. The molecule has 0 bridgehead atoms. The summed E-state index contributed by atoms with van der Waals surface area (Å²) in [5.74, 6) is -0.929. The second kappa shape index (κ2) is 69.6. The number of carbonyl (C=O) groups excluding carboxylic acids is 3. The first kappa shape index (κ1) is 78.1. The molecule has 0 aliphatic heterocycles. The van der Waals surface area contributed by atoms with Gasteiger partial charge < -0.3 is 14.2 Å². The van der Waals surface area contributed by atoms with Crippen LogP contribution in [-0.2, 0) is 28.6 Å². The predicted molar refractivity (Wildman–Crippen MR) is 357 cm³/mol. The Hall–Kier alpha value is -3.93. The molecule has 0 aromatic rings. The lowest BCUT2D eigenvalue weighted by Crippen LogP contribution is -2.30. The quantitative estimate of drug-likeness (QED) is 0.0261. The highest BCUT2D eigenvalue weighted by molar-refractivity contribution is 5.71. The Labute approximate surface area is 508 Å². The number of ether oxygens (including phenoxy) is 3. The van der Waals surface area contributed by atoms with E-state index in [1.165, 1.54) is 161 Å². The van der Waals surface area contributed by atoms with Crippen molar-refractivity contribution in [3.8, 4) is 0 Å². The Morgan fingerprint density at radius 2 is 0.476 bits per heavy atom. The molecule has 0 aliphatic carbocycles. The van der Waals surface area contributed by atoms with Crippen LogP contribution in [0.4, 0.5) is 0 Å². The van der Waals surface area contributed by atoms with Crippen LogP contribution >= 0.6 is 0 Å². The molecule has 0 rings (SSSR count). The van der Waals surface area contributed by atoms with E-state index in [0.29, 0.717) is 12.8 Å². The summed E-state index contributed by atoms with van der Waals surface area (Å²) in [7, 11) is 0. The van der Waals surface area contributed by atoms with Crippen molar-refractivity contribution in [3.05, 3.63) is 109 Å². The first-order chi connectivity index (χ1) is 40.5. The third kappa shape index (κ3) is 66.9. The lowest BCUT2D eigenvalue weighted by Gasteiger charge is -2.18. The van der Waals surface area contributed by atoms with Gasteiger partial charge in [0.15, 0.2) is 6.10 Å². The Morgan fingerprint density at radius 1 is 0.256 bits per heavy atom. The van der Waals surface area contributed by atoms with E-state index in [2.05, 4.69) is 130 Å². The molecule has 0 heterocycles. The summed E-state index contributed by atoms with van der Waals surface area (Å²) >= 11 is 0. The van der Waals surface area contributed by atoms with Crippen molar-refractivity contribution in [2.45, 2.75) is 341 Å². The van der Waals surface area contributed by atoms with Crippen molar-refractivity contribution in [2.24, 2.45) is 0 Å². The zero-order chi connectivity index (χ0) is 59.2. The number of esters is 3. The third-order valence-corrected chi connectivity index (χ3v) is 15.0. The largest absolute Gasteiger partial charge is 0.462 e. The van der Waals surface area contributed by atoms with Crippen LogP contribution in [0.1, 0.15) is 335 Å². The van der Waals surface area contributed by atoms with Crippen molar-refractivity contribution in [1.29, 1.82) is 0 Å². The minimum Gasteiger partial charge on any atom is -0.462 e. The third-order valence-electron chi connectivity index (χ3n) is 15.0. The number of unbranched alkanes of at least 4 members (excludes halogenated alkanes) is 34.